The van der Waals surface area contributed by atoms with Gasteiger partial charge in [0.15, 0.2) is 0 Å². The molecule has 2 heterocycles. The molecule has 5 heteroatoms. The normalized spacial score (nSPS) is 12.0. The van der Waals surface area contributed by atoms with Crippen LogP contribution in [0.3, 0.4) is 0 Å². The molecule has 2 N–H and O–H groups in total. The van der Waals surface area contributed by atoms with Crippen molar-refractivity contribution in [2.75, 3.05) is 5.73 Å². The molecule has 16 heavy (non-hydrogen) atoms. The lowest BCUT2D eigenvalue weighted by Gasteiger charge is -2.18. The van der Waals surface area contributed by atoms with Crippen LogP contribution in [0.1, 0.15) is 20.8 Å². The molecule has 0 radical (unpaired) electrons. The van der Waals surface area contributed by atoms with Crippen molar-refractivity contribution in [1.29, 1.82) is 0 Å². The summed E-state index contributed by atoms with van der Waals surface area (Å²) in [4.78, 5) is 1.09. The number of nitrogens with two attached hydrogens (primary N) is 1. The van der Waals surface area contributed by atoms with Gasteiger partial charge in [-0.3, -0.25) is 4.68 Å². The van der Waals surface area contributed by atoms with Gasteiger partial charge in [-0.15, -0.1) is 11.3 Å². The zero-order valence-corrected chi connectivity index (χ0v) is 11.9. The van der Waals surface area contributed by atoms with Gasteiger partial charge in [-0.25, -0.2) is 0 Å². The lowest BCUT2D eigenvalue weighted by molar-refractivity contribution is 0.356. The molecule has 0 unspecified atom stereocenters. The Labute approximate surface area is 107 Å². The van der Waals surface area contributed by atoms with Gasteiger partial charge in [0.25, 0.3) is 0 Å². The molecule has 2 aromatic rings. The number of aromatic nitrogens is 2. The van der Waals surface area contributed by atoms with Crippen molar-refractivity contribution in [3.63, 3.8) is 0 Å². The predicted molar refractivity (Wildman–Crippen MR) is 72.6 cm³/mol. The van der Waals surface area contributed by atoms with Crippen LogP contribution in [0.15, 0.2) is 22.1 Å². The summed E-state index contributed by atoms with van der Waals surface area (Å²) in [7, 11) is 0. The molecular formula is C11H14BrN3S. The Morgan fingerprint density at radius 2 is 2.12 bits per heavy atom. The Balaban J connectivity index is 2.47. The van der Waals surface area contributed by atoms with Crippen molar-refractivity contribution in [3.05, 3.63) is 22.1 Å². The Kier molecular flexibility index (Phi) is 2.84. The highest BCUT2D eigenvalue weighted by Crippen LogP contribution is 2.33. The van der Waals surface area contributed by atoms with Gasteiger partial charge in [-0.1, -0.05) is 0 Å². The quantitative estimate of drug-likeness (QED) is 0.872. The molecule has 0 atom stereocenters. The molecule has 0 bridgehead atoms. The Morgan fingerprint density at radius 3 is 2.56 bits per heavy atom. The molecule has 0 aliphatic rings. The van der Waals surface area contributed by atoms with Crippen molar-refractivity contribution < 1.29 is 0 Å². The molecule has 2 rings (SSSR count). The minimum atomic E-state index is -0.0408. The fourth-order valence-corrected chi connectivity index (χ4v) is 2.79. The van der Waals surface area contributed by atoms with Crippen LogP contribution in [-0.4, -0.2) is 9.78 Å². The largest absolute Gasteiger partial charge is 0.396 e. The first-order valence-electron chi connectivity index (χ1n) is 4.98. The summed E-state index contributed by atoms with van der Waals surface area (Å²) >= 11 is 5.07. The van der Waals surface area contributed by atoms with Crippen LogP contribution in [0.25, 0.3) is 10.6 Å². The van der Waals surface area contributed by atoms with E-state index in [-0.39, 0.29) is 5.54 Å². The van der Waals surface area contributed by atoms with Gasteiger partial charge in [-0.05, 0) is 42.8 Å². The van der Waals surface area contributed by atoms with Gasteiger partial charge in [-0.2, -0.15) is 5.10 Å². The number of hydrogen-bond acceptors (Lipinski definition) is 3. The van der Waals surface area contributed by atoms with Crippen molar-refractivity contribution in [1.82, 2.24) is 9.78 Å². The smallest absolute Gasteiger partial charge is 0.125 e. The summed E-state index contributed by atoms with van der Waals surface area (Å²) in [6.07, 6.45) is 1.89. The fourth-order valence-electron chi connectivity index (χ4n) is 1.36. The SMILES string of the molecule is CC(C)(C)n1cc(N)c(-c2cc(Br)cs2)n1. The number of nitrogens with zero attached hydrogens (tertiary/aromatic N) is 2. The van der Waals surface area contributed by atoms with Crippen molar-refractivity contribution in [3.8, 4) is 10.6 Å². The first-order chi connectivity index (χ1) is 7.38. The number of halogens is 1. The molecular weight excluding hydrogens is 286 g/mol. The number of thiophene rings is 1. The molecule has 86 valence electrons. The second-order valence-corrected chi connectivity index (χ2v) is 6.50. The van der Waals surface area contributed by atoms with E-state index in [0.29, 0.717) is 0 Å². The number of nitrogen functional groups attached to an aromatic ring is 1. The van der Waals surface area contributed by atoms with Gasteiger partial charge in [0.2, 0.25) is 0 Å². The molecule has 0 aliphatic heterocycles. The summed E-state index contributed by atoms with van der Waals surface area (Å²) < 4.78 is 2.97. The average Bonchev–Trinajstić information content (AvgIpc) is 2.70. The third-order valence-electron chi connectivity index (χ3n) is 2.23. The summed E-state index contributed by atoms with van der Waals surface area (Å²) in [5.74, 6) is 0. The lowest BCUT2D eigenvalue weighted by atomic mass is 10.1. The van der Waals surface area contributed by atoms with Crippen LogP contribution in [-0.2, 0) is 5.54 Å². The van der Waals surface area contributed by atoms with E-state index in [0.717, 1.165) is 20.7 Å². The van der Waals surface area contributed by atoms with E-state index < -0.39 is 0 Å². The minimum Gasteiger partial charge on any atom is -0.396 e. The van der Waals surface area contributed by atoms with Crippen LogP contribution >= 0.6 is 27.3 Å². The van der Waals surface area contributed by atoms with E-state index in [2.05, 4.69) is 41.8 Å². The van der Waals surface area contributed by atoms with Crippen LogP contribution in [0.5, 0.6) is 0 Å². The molecule has 0 fully saturated rings. The summed E-state index contributed by atoms with van der Waals surface area (Å²) in [6, 6.07) is 2.04. The second-order valence-electron chi connectivity index (χ2n) is 4.68. The summed E-state index contributed by atoms with van der Waals surface area (Å²) in [5, 5.41) is 6.58. The molecule has 2 aromatic heterocycles. The maximum Gasteiger partial charge on any atom is 0.125 e. The first-order valence-corrected chi connectivity index (χ1v) is 6.65. The maximum atomic E-state index is 5.99. The minimum absolute atomic E-state index is 0.0408. The first kappa shape index (κ1) is 11.7. The van der Waals surface area contributed by atoms with Crippen LogP contribution in [0, 0.1) is 0 Å². The van der Waals surface area contributed by atoms with Gasteiger partial charge in [0.1, 0.15) is 5.69 Å². The third-order valence-corrected chi connectivity index (χ3v) is 3.93. The molecule has 0 amide bonds. The Morgan fingerprint density at radius 1 is 1.44 bits per heavy atom. The number of anilines is 1. The third kappa shape index (κ3) is 2.15. The predicted octanol–water partition coefficient (Wildman–Crippen LogP) is 3.71. The lowest BCUT2D eigenvalue weighted by Crippen LogP contribution is -2.22. The standard InChI is InChI=1S/C11H14BrN3S/c1-11(2,3)15-5-8(13)10(14-15)9-4-7(12)6-16-9/h4-6H,13H2,1-3H3. The fraction of sp³-hybridized carbons (Fsp3) is 0.364. The highest BCUT2D eigenvalue weighted by Gasteiger charge is 2.18. The highest BCUT2D eigenvalue weighted by molar-refractivity contribution is 9.10. The van der Waals surface area contributed by atoms with E-state index >= 15 is 0 Å². The van der Waals surface area contributed by atoms with E-state index in [9.17, 15) is 0 Å². The van der Waals surface area contributed by atoms with Crippen molar-refractivity contribution in [2.45, 2.75) is 26.3 Å². The Bertz CT molecular complexity index is 508. The van der Waals surface area contributed by atoms with Gasteiger partial charge in [0, 0.05) is 16.0 Å². The monoisotopic (exact) mass is 299 g/mol. The van der Waals surface area contributed by atoms with Gasteiger partial charge >= 0.3 is 0 Å². The van der Waals surface area contributed by atoms with Gasteiger partial charge in [0.05, 0.1) is 16.1 Å². The average molecular weight is 300 g/mol. The molecule has 0 aromatic carbocycles. The molecule has 3 nitrogen and oxygen atoms in total. The highest BCUT2D eigenvalue weighted by atomic mass is 79.9. The zero-order chi connectivity index (χ0) is 11.9. The summed E-state index contributed by atoms with van der Waals surface area (Å²) in [6.45, 7) is 6.31. The zero-order valence-electron chi connectivity index (χ0n) is 9.49. The van der Waals surface area contributed by atoms with E-state index in [1.807, 2.05) is 22.3 Å². The van der Waals surface area contributed by atoms with E-state index in [1.54, 1.807) is 11.3 Å². The Hall–Kier alpha value is -0.810. The number of rotatable bonds is 1. The number of hydrogen-bond donors (Lipinski definition) is 1. The molecule has 0 aliphatic carbocycles. The van der Waals surface area contributed by atoms with Crippen LogP contribution in [0.4, 0.5) is 5.69 Å². The van der Waals surface area contributed by atoms with E-state index in [1.165, 1.54) is 0 Å². The van der Waals surface area contributed by atoms with Crippen LogP contribution in [0.2, 0.25) is 0 Å². The summed E-state index contributed by atoms with van der Waals surface area (Å²) in [5.41, 5.74) is 7.54. The van der Waals surface area contributed by atoms with Crippen LogP contribution < -0.4 is 5.73 Å². The topological polar surface area (TPSA) is 43.8 Å². The van der Waals surface area contributed by atoms with Gasteiger partial charge < -0.3 is 5.73 Å². The van der Waals surface area contributed by atoms with Crippen molar-refractivity contribution >= 4 is 33.0 Å². The van der Waals surface area contributed by atoms with Crippen molar-refractivity contribution in [2.24, 2.45) is 0 Å². The molecule has 0 saturated heterocycles. The maximum absolute atomic E-state index is 5.99. The molecule has 0 spiro atoms. The molecule has 0 saturated carbocycles. The second kappa shape index (κ2) is 3.89. The van der Waals surface area contributed by atoms with E-state index in [4.69, 9.17) is 5.73 Å².